The van der Waals surface area contributed by atoms with E-state index in [1.165, 1.54) is 0 Å². The van der Waals surface area contributed by atoms with Crippen molar-refractivity contribution in [2.45, 2.75) is 51.6 Å². The maximum absolute atomic E-state index is 10.2. The van der Waals surface area contributed by atoms with Crippen LogP contribution in [0.1, 0.15) is 41.5 Å². The van der Waals surface area contributed by atoms with Crippen LogP contribution in [-0.4, -0.2) is 36.3 Å². The Bertz CT molecular complexity index is 615. The SMILES string of the molecule is CC(C)(C)[Si](O)(O)C(C)(C)C.O[Si](O)(c1ccccc1)c1ccccc1. The molecule has 0 saturated carbocycles. The predicted molar refractivity (Wildman–Crippen MR) is 112 cm³/mol. The molecule has 0 aliphatic heterocycles. The molecule has 4 nitrogen and oxygen atoms in total. The highest BCUT2D eigenvalue weighted by Gasteiger charge is 2.52. The first-order chi connectivity index (χ1) is 11.7. The molecule has 2 aromatic rings. The molecule has 0 bridgehead atoms. The highest BCUT2D eigenvalue weighted by atomic mass is 28.4. The Morgan fingerprint density at radius 2 is 0.808 bits per heavy atom. The molecule has 144 valence electrons. The summed E-state index contributed by atoms with van der Waals surface area (Å²) in [6.45, 7) is 11.3. The van der Waals surface area contributed by atoms with Crippen LogP contribution in [0.4, 0.5) is 0 Å². The fourth-order valence-corrected chi connectivity index (χ4v) is 6.53. The van der Waals surface area contributed by atoms with Crippen LogP contribution in [0.3, 0.4) is 0 Å². The van der Waals surface area contributed by atoms with Gasteiger partial charge in [0.25, 0.3) is 0 Å². The normalized spacial score (nSPS) is 13.0. The van der Waals surface area contributed by atoms with Crippen molar-refractivity contribution in [1.82, 2.24) is 0 Å². The van der Waals surface area contributed by atoms with E-state index < -0.39 is 17.1 Å². The van der Waals surface area contributed by atoms with Gasteiger partial charge in [-0.1, -0.05) is 102 Å². The fraction of sp³-hybridized carbons (Fsp3) is 0.400. The van der Waals surface area contributed by atoms with Crippen molar-refractivity contribution >= 4 is 27.5 Å². The molecule has 6 heteroatoms. The van der Waals surface area contributed by atoms with Gasteiger partial charge in [0.05, 0.1) is 0 Å². The summed E-state index contributed by atoms with van der Waals surface area (Å²) in [5, 5.41) is 0.476. The number of rotatable bonds is 2. The van der Waals surface area contributed by atoms with Crippen LogP contribution in [0.2, 0.25) is 10.1 Å². The van der Waals surface area contributed by atoms with Crippen molar-refractivity contribution in [2.75, 3.05) is 0 Å². The third-order valence-corrected chi connectivity index (χ3v) is 10.9. The van der Waals surface area contributed by atoms with Crippen molar-refractivity contribution in [3.63, 3.8) is 0 Å². The molecular formula is C20H32O4Si2. The fourth-order valence-electron chi connectivity index (χ4n) is 2.63. The van der Waals surface area contributed by atoms with Crippen LogP contribution in [0.25, 0.3) is 0 Å². The second-order valence-corrected chi connectivity index (χ2v) is 15.4. The quantitative estimate of drug-likeness (QED) is 0.591. The molecule has 0 radical (unpaired) electrons. The second kappa shape index (κ2) is 8.16. The Balaban J connectivity index is 0.000000276. The van der Waals surface area contributed by atoms with E-state index in [1.54, 1.807) is 24.3 Å². The molecule has 0 amide bonds. The smallest absolute Gasteiger partial charge is 0.401 e. The minimum absolute atomic E-state index is 0.370. The lowest BCUT2D eigenvalue weighted by Crippen LogP contribution is -2.59. The zero-order valence-electron chi connectivity index (χ0n) is 16.6. The van der Waals surface area contributed by atoms with Gasteiger partial charge in [0, 0.05) is 10.1 Å². The maximum atomic E-state index is 10.2. The van der Waals surface area contributed by atoms with Crippen molar-refractivity contribution in [1.29, 1.82) is 0 Å². The van der Waals surface area contributed by atoms with Crippen LogP contribution < -0.4 is 10.4 Å². The first kappa shape index (κ1) is 22.8. The summed E-state index contributed by atoms with van der Waals surface area (Å²) in [7, 11) is -6.56. The highest BCUT2D eigenvalue weighted by Crippen LogP contribution is 2.46. The highest BCUT2D eigenvalue weighted by molar-refractivity contribution is 6.90. The Kier molecular flexibility index (Phi) is 7.14. The lowest BCUT2D eigenvalue weighted by molar-refractivity contribution is 0.273. The summed E-state index contributed by atoms with van der Waals surface area (Å²) in [6.07, 6.45) is 0. The molecule has 0 saturated heterocycles. The summed E-state index contributed by atoms with van der Waals surface area (Å²) < 4.78 is 0. The zero-order chi connectivity index (χ0) is 20.2. The first-order valence-corrected chi connectivity index (χ1v) is 12.5. The summed E-state index contributed by atoms with van der Waals surface area (Å²) in [5.74, 6) is 0. The molecule has 26 heavy (non-hydrogen) atoms. The summed E-state index contributed by atoms with van der Waals surface area (Å²) >= 11 is 0. The van der Waals surface area contributed by atoms with Crippen molar-refractivity contribution < 1.29 is 19.2 Å². The van der Waals surface area contributed by atoms with Gasteiger partial charge in [0.2, 0.25) is 0 Å². The zero-order valence-corrected chi connectivity index (χ0v) is 18.6. The van der Waals surface area contributed by atoms with Gasteiger partial charge in [-0.3, -0.25) is 0 Å². The third kappa shape index (κ3) is 5.36. The van der Waals surface area contributed by atoms with Gasteiger partial charge in [0.15, 0.2) is 0 Å². The molecule has 0 aliphatic carbocycles. The van der Waals surface area contributed by atoms with Crippen LogP contribution >= 0.6 is 0 Å². The van der Waals surface area contributed by atoms with Crippen molar-refractivity contribution in [3.05, 3.63) is 60.7 Å². The molecule has 0 heterocycles. The Hall–Kier alpha value is -1.29. The molecule has 0 aromatic heterocycles. The number of hydrogen-bond acceptors (Lipinski definition) is 4. The standard InChI is InChI=1S/C12H12O2Si.C8H20O2Si/c13-15(14,11-7-3-1-4-8-11)12-9-5-2-6-10-12;1-7(2,3)11(9,10)8(4,5)6/h1-10,13-14H;9-10H,1-6H3. The monoisotopic (exact) mass is 392 g/mol. The molecule has 0 unspecified atom stereocenters. The average molecular weight is 393 g/mol. The molecule has 0 atom stereocenters. The van der Waals surface area contributed by atoms with E-state index in [1.807, 2.05) is 77.9 Å². The second-order valence-electron chi connectivity index (χ2n) is 8.58. The third-order valence-electron chi connectivity index (χ3n) is 4.44. The van der Waals surface area contributed by atoms with Gasteiger partial charge in [-0.2, -0.15) is 0 Å². The van der Waals surface area contributed by atoms with Gasteiger partial charge in [-0.25, -0.2) is 0 Å². The van der Waals surface area contributed by atoms with Crippen LogP contribution in [0.5, 0.6) is 0 Å². The van der Waals surface area contributed by atoms with Crippen LogP contribution in [0.15, 0.2) is 60.7 Å². The molecule has 0 spiro atoms. The van der Waals surface area contributed by atoms with E-state index in [9.17, 15) is 19.2 Å². The van der Waals surface area contributed by atoms with E-state index in [0.29, 0.717) is 10.4 Å². The maximum Gasteiger partial charge on any atom is 0.401 e. The van der Waals surface area contributed by atoms with Crippen molar-refractivity contribution in [2.24, 2.45) is 0 Å². The largest absolute Gasteiger partial charge is 0.410 e. The molecule has 4 N–H and O–H groups in total. The minimum Gasteiger partial charge on any atom is -0.410 e. The Labute approximate surface area is 159 Å². The molecule has 0 aliphatic rings. The van der Waals surface area contributed by atoms with Gasteiger partial charge in [-0.05, 0) is 10.4 Å². The molecule has 2 aromatic carbocycles. The topological polar surface area (TPSA) is 80.9 Å². The van der Waals surface area contributed by atoms with E-state index in [-0.39, 0.29) is 10.1 Å². The van der Waals surface area contributed by atoms with E-state index in [2.05, 4.69) is 0 Å². The molecular weight excluding hydrogens is 360 g/mol. The van der Waals surface area contributed by atoms with Crippen LogP contribution in [-0.2, 0) is 0 Å². The van der Waals surface area contributed by atoms with E-state index in [4.69, 9.17) is 0 Å². The van der Waals surface area contributed by atoms with E-state index >= 15 is 0 Å². The average Bonchev–Trinajstić information content (AvgIpc) is 2.55. The van der Waals surface area contributed by atoms with Gasteiger partial charge in [0.1, 0.15) is 0 Å². The van der Waals surface area contributed by atoms with Gasteiger partial charge in [-0.15, -0.1) is 0 Å². The van der Waals surface area contributed by atoms with Crippen LogP contribution in [0, 0.1) is 0 Å². The number of hydrogen-bond donors (Lipinski definition) is 4. The molecule has 0 fully saturated rings. The first-order valence-electron chi connectivity index (χ1n) is 8.72. The Morgan fingerprint density at radius 1 is 0.538 bits per heavy atom. The van der Waals surface area contributed by atoms with E-state index in [0.717, 1.165) is 0 Å². The van der Waals surface area contributed by atoms with Gasteiger partial charge < -0.3 is 19.2 Å². The Morgan fingerprint density at radius 3 is 1.00 bits per heavy atom. The lowest BCUT2D eigenvalue weighted by atomic mass is 10.2. The lowest BCUT2D eigenvalue weighted by Gasteiger charge is -2.41. The molecule has 2 rings (SSSR count). The summed E-state index contributed by atoms with van der Waals surface area (Å²) in [5.41, 5.74) is 0. The number of benzene rings is 2. The summed E-state index contributed by atoms with van der Waals surface area (Å²) in [4.78, 5) is 40.1. The van der Waals surface area contributed by atoms with Crippen molar-refractivity contribution in [3.8, 4) is 0 Å². The minimum atomic E-state index is -3.46. The predicted octanol–water partition coefficient (Wildman–Crippen LogP) is 2.24. The van der Waals surface area contributed by atoms with Gasteiger partial charge >= 0.3 is 17.1 Å². The summed E-state index contributed by atoms with van der Waals surface area (Å²) in [6, 6.07) is 18.0.